The van der Waals surface area contributed by atoms with Crippen molar-refractivity contribution in [2.75, 3.05) is 25.1 Å². The first-order valence-corrected chi connectivity index (χ1v) is 17.2. The third-order valence-electron chi connectivity index (χ3n) is 9.08. The van der Waals surface area contributed by atoms with Crippen LogP contribution in [-0.4, -0.2) is 45.6 Å². The number of benzene rings is 3. The van der Waals surface area contributed by atoms with Gasteiger partial charge in [-0.25, -0.2) is 4.98 Å². The summed E-state index contributed by atoms with van der Waals surface area (Å²) in [5, 5.41) is 7.00. The summed E-state index contributed by atoms with van der Waals surface area (Å²) < 4.78 is 2.49. The number of aliphatic hydroxyl groups excluding tert-OH is 1. The van der Waals surface area contributed by atoms with Crippen LogP contribution >= 0.6 is 0 Å². The molecule has 0 radical (unpaired) electrons. The molecule has 0 bridgehead atoms. The quantitative estimate of drug-likeness (QED) is 0.156. The Morgan fingerprint density at radius 2 is 1.45 bits per heavy atom. The van der Waals surface area contributed by atoms with Crippen LogP contribution in [0.1, 0.15) is 85.1 Å². The van der Waals surface area contributed by atoms with Crippen molar-refractivity contribution in [1.29, 1.82) is 0 Å². The van der Waals surface area contributed by atoms with Gasteiger partial charge in [0.2, 0.25) is 5.69 Å². The summed E-state index contributed by atoms with van der Waals surface area (Å²) in [4.78, 5) is 12.4. The first-order chi connectivity index (χ1) is 22.8. The Hall–Kier alpha value is -4.35. The molecule has 0 unspecified atom stereocenters. The van der Waals surface area contributed by atoms with Gasteiger partial charge in [0.1, 0.15) is 6.54 Å². The number of rotatable bonds is 8. The van der Waals surface area contributed by atoms with Gasteiger partial charge in [0.25, 0.3) is 0 Å². The van der Waals surface area contributed by atoms with Crippen LogP contribution < -0.4 is 4.90 Å². The highest BCUT2D eigenvalue weighted by molar-refractivity contribution is 6.04. The summed E-state index contributed by atoms with van der Waals surface area (Å²) in [5.41, 5.74) is 11.5. The van der Waals surface area contributed by atoms with E-state index in [2.05, 4.69) is 124 Å². The van der Waals surface area contributed by atoms with Gasteiger partial charge in [-0.2, -0.15) is 4.58 Å². The van der Waals surface area contributed by atoms with Gasteiger partial charge in [0.05, 0.1) is 28.3 Å². The molecule has 5 nitrogen and oxygen atoms in total. The Morgan fingerprint density at radius 3 is 2.15 bits per heavy atom. The van der Waals surface area contributed by atoms with E-state index in [9.17, 15) is 0 Å². The SMILES string of the molecule is CC.CCCN1/C(=C/C=C(/C=C/C2=[N+](CCC)c3ccccc3C2(C)C)c2cnc3ccccc3n2)C(C)(C)c2ccccc21.CO. The van der Waals surface area contributed by atoms with E-state index in [-0.39, 0.29) is 10.8 Å². The molecule has 0 atom stereocenters. The van der Waals surface area contributed by atoms with Crippen LogP contribution in [-0.2, 0) is 10.8 Å². The van der Waals surface area contributed by atoms with Crippen LogP contribution in [0.4, 0.5) is 11.4 Å². The average molecular weight is 630 g/mol. The Labute approximate surface area is 282 Å². The second-order valence-corrected chi connectivity index (χ2v) is 12.7. The topological polar surface area (TPSA) is 52.3 Å². The molecule has 1 N–H and O–H groups in total. The molecule has 6 rings (SSSR count). The number of allylic oxidation sites excluding steroid dienone is 6. The van der Waals surface area contributed by atoms with Gasteiger partial charge in [-0.1, -0.05) is 96.1 Å². The maximum absolute atomic E-state index is 7.00. The Morgan fingerprint density at radius 1 is 0.809 bits per heavy atom. The Kier molecular flexibility index (Phi) is 11.7. The molecule has 3 aromatic carbocycles. The number of fused-ring (bicyclic) bond motifs is 3. The minimum atomic E-state index is -0.103. The molecule has 3 heterocycles. The lowest BCUT2D eigenvalue weighted by atomic mass is 9.81. The number of anilines is 1. The molecular weight excluding hydrogens is 576 g/mol. The number of hydrogen-bond acceptors (Lipinski definition) is 4. The lowest BCUT2D eigenvalue weighted by Crippen LogP contribution is -2.27. The minimum absolute atomic E-state index is 0.103. The molecule has 0 saturated heterocycles. The van der Waals surface area contributed by atoms with Crippen molar-refractivity contribution in [2.45, 2.75) is 79.1 Å². The maximum Gasteiger partial charge on any atom is 0.209 e. The third kappa shape index (κ3) is 6.87. The number of aliphatic hydroxyl groups is 1. The van der Waals surface area contributed by atoms with Crippen molar-refractivity contribution in [2.24, 2.45) is 0 Å². The second kappa shape index (κ2) is 15.5. The van der Waals surface area contributed by atoms with E-state index in [0.29, 0.717) is 0 Å². The van der Waals surface area contributed by atoms with Crippen LogP contribution in [0.25, 0.3) is 16.6 Å². The van der Waals surface area contributed by atoms with E-state index in [1.807, 2.05) is 44.3 Å². The van der Waals surface area contributed by atoms with Crippen LogP contribution in [0.5, 0.6) is 0 Å². The zero-order valence-electron chi connectivity index (χ0n) is 29.9. The largest absolute Gasteiger partial charge is 0.400 e. The molecule has 2 aliphatic heterocycles. The highest BCUT2D eigenvalue weighted by Gasteiger charge is 2.44. The smallest absolute Gasteiger partial charge is 0.209 e. The van der Waals surface area contributed by atoms with E-state index in [1.54, 1.807) is 0 Å². The molecule has 47 heavy (non-hydrogen) atoms. The summed E-state index contributed by atoms with van der Waals surface area (Å²) in [7, 11) is 1.00. The van der Waals surface area contributed by atoms with Gasteiger partial charge >= 0.3 is 0 Å². The molecule has 0 spiro atoms. The Balaban J connectivity index is 0.00000120. The zero-order chi connectivity index (χ0) is 34.2. The highest BCUT2D eigenvalue weighted by Crippen LogP contribution is 2.47. The van der Waals surface area contributed by atoms with Gasteiger partial charge in [-0.3, -0.25) is 4.98 Å². The fourth-order valence-electron chi connectivity index (χ4n) is 6.87. The number of aromatic nitrogens is 2. The van der Waals surface area contributed by atoms with Crippen molar-refractivity contribution in [3.63, 3.8) is 0 Å². The number of para-hydroxylation sites is 4. The molecule has 0 saturated carbocycles. The lowest BCUT2D eigenvalue weighted by molar-refractivity contribution is -0.437. The summed E-state index contributed by atoms with van der Waals surface area (Å²) in [6, 6.07) is 25.8. The minimum Gasteiger partial charge on any atom is -0.400 e. The standard InChI is InChI=1S/C39H43N4.C2H6.CH4O/c1-7-25-42-34-19-13-9-15-29(34)38(3,4)36(42)23-21-28(33-27-40-31-17-11-12-18-32(31)41-33)22-24-37-39(5,6)30-16-10-14-20-35(30)43(37)26-8-2;2*1-2/h9-24,27H,7-8,25-26H2,1-6H3;1-2H3;2H,1H3/q+1;;. The molecule has 1 aromatic heterocycles. The fourth-order valence-corrected chi connectivity index (χ4v) is 6.87. The summed E-state index contributed by atoms with van der Waals surface area (Å²) in [5.74, 6) is 0. The molecule has 5 heteroatoms. The van der Waals surface area contributed by atoms with Crippen LogP contribution in [0, 0.1) is 0 Å². The number of hydrogen-bond donors (Lipinski definition) is 1. The van der Waals surface area contributed by atoms with Gasteiger partial charge in [0, 0.05) is 60.2 Å². The van der Waals surface area contributed by atoms with Crippen LogP contribution in [0.2, 0.25) is 0 Å². The van der Waals surface area contributed by atoms with Crippen LogP contribution in [0.3, 0.4) is 0 Å². The molecule has 4 aromatic rings. The average Bonchev–Trinajstić information content (AvgIpc) is 3.45. The second-order valence-electron chi connectivity index (χ2n) is 12.7. The van der Waals surface area contributed by atoms with Crippen molar-refractivity contribution < 1.29 is 9.68 Å². The highest BCUT2D eigenvalue weighted by atomic mass is 16.2. The Bertz CT molecular complexity index is 1810. The first-order valence-electron chi connectivity index (χ1n) is 17.2. The predicted molar refractivity (Wildman–Crippen MR) is 201 cm³/mol. The fraction of sp³-hybridized carbons (Fsp3) is 0.357. The van der Waals surface area contributed by atoms with Gasteiger partial charge in [-0.15, -0.1) is 0 Å². The van der Waals surface area contributed by atoms with E-state index < -0.39 is 0 Å². The van der Waals surface area contributed by atoms with E-state index in [0.717, 1.165) is 55.3 Å². The molecule has 0 fully saturated rings. The number of nitrogens with zero attached hydrogens (tertiary/aromatic N) is 4. The lowest BCUT2D eigenvalue weighted by Gasteiger charge is -2.26. The van der Waals surface area contributed by atoms with Crippen LogP contribution in [0.15, 0.2) is 109 Å². The predicted octanol–water partition coefficient (Wildman–Crippen LogP) is 9.78. The molecule has 246 valence electrons. The summed E-state index contributed by atoms with van der Waals surface area (Å²) >= 11 is 0. The van der Waals surface area contributed by atoms with Crippen molar-refractivity contribution in [3.05, 3.63) is 126 Å². The van der Waals surface area contributed by atoms with Gasteiger partial charge in [0.15, 0.2) is 5.71 Å². The van der Waals surface area contributed by atoms with Gasteiger partial charge in [-0.05, 0) is 56.2 Å². The zero-order valence-corrected chi connectivity index (χ0v) is 29.9. The van der Waals surface area contributed by atoms with E-state index in [4.69, 9.17) is 15.1 Å². The molecule has 0 amide bonds. The molecular formula is C42H53N4O+. The monoisotopic (exact) mass is 629 g/mol. The van der Waals surface area contributed by atoms with Crippen molar-refractivity contribution in [3.8, 4) is 0 Å². The molecule has 2 aliphatic rings. The summed E-state index contributed by atoms with van der Waals surface area (Å²) in [6.07, 6.45) is 13.2. The maximum atomic E-state index is 7.00. The van der Waals surface area contributed by atoms with Crippen molar-refractivity contribution >= 4 is 33.7 Å². The molecule has 0 aliphatic carbocycles. The third-order valence-corrected chi connectivity index (χ3v) is 9.08. The van der Waals surface area contributed by atoms with E-state index >= 15 is 0 Å². The van der Waals surface area contributed by atoms with Gasteiger partial charge < -0.3 is 10.0 Å². The van der Waals surface area contributed by atoms with Crippen molar-refractivity contribution in [1.82, 2.24) is 9.97 Å². The van der Waals surface area contributed by atoms with E-state index in [1.165, 1.54) is 33.9 Å². The normalized spacial score (nSPS) is 16.9. The first kappa shape index (κ1) is 35.5. The summed E-state index contributed by atoms with van der Waals surface area (Å²) in [6.45, 7) is 19.8.